The minimum absolute atomic E-state index is 0.0837. The minimum atomic E-state index is -0.572. The Morgan fingerprint density at radius 2 is 1.60 bits per heavy atom. The fraction of sp³-hybridized carbons (Fsp3) is 0.100. The number of rotatable bonds is 5. The summed E-state index contributed by atoms with van der Waals surface area (Å²) in [6.07, 6.45) is 1.35. The van der Waals surface area contributed by atoms with Crippen LogP contribution in [-0.4, -0.2) is 15.9 Å². The van der Waals surface area contributed by atoms with Gasteiger partial charge in [-0.2, -0.15) is 0 Å². The number of oxime groups is 1. The summed E-state index contributed by atoms with van der Waals surface area (Å²) in [6, 6.07) is 21.1. The summed E-state index contributed by atoms with van der Waals surface area (Å²) in [7, 11) is 0. The van der Waals surface area contributed by atoms with E-state index in [1.54, 1.807) is 0 Å². The van der Waals surface area contributed by atoms with Gasteiger partial charge in [0.05, 0.1) is 11.9 Å². The Morgan fingerprint density at radius 1 is 1.04 bits per heavy atom. The molecule has 0 bridgehead atoms. The summed E-state index contributed by atoms with van der Waals surface area (Å²) in [4.78, 5) is 3.71. The van der Waals surface area contributed by atoms with Gasteiger partial charge in [-0.15, -0.1) is 0 Å². The van der Waals surface area contributed by atoms with Gasteiger partial charge in [-0.1, -0.05) is 77.4 Å². The van der Waals surface area contributed by atoms with E-state index < -0.39 is 5.82 Å². The Bertz CT molecular complexity index is 830. The van der Waals surface area contributed by atoms with Crippen LogP contribution in [0.1, 0.15) is 29.0 Å². The van der Waals surface area contributed by atoms with Gasteiger partial charge in [-0.3, -0.25) is 0 Å². The molecule has 3 rings (SSSR count). The van der Waals surface area contributed by atoms with E-state index in [4.69, 9.17) is 11.6 Å². The smallest absolute Gasteiger partial charge is 0.150 e. The molecule has 5 heteroatoms. The first-order chi connectivity index (χ1) is 12.2. The normalized spacial score (nSPS) is 11.7. The van der Waals surface area contributed by atoms with E-state index in [0.29, 0.717) is 6.42 Å². The van der Waals surface area contributed by atoms with Crippen LogP contribution in [-0.2, 0) is 0 Å². The predicted molar refractivity (Wildman–Crippen MR) is 96.9 cm³/mol. The molecule has 0 radical (unpaired) electrons. The maximum atomic E-state index is 14.1. The molecule has 3 nitrogen and oxygen atoms in total. The van der Waals surface area contributed by atoms with Crippen molar-refractivity contribution in [1.82, 2.24) is 4.98 Å². The molecule has 1 aromatic heterocycles. The Labute approximate surface area is 150 Å². The molecule has 0 fully saturated rings. The highest BCUT2D eigenvalue weighted by molar-refractivity contribution is 6.29. The second-order valence-corrected chi connectivity index (χ2v) is 6.00. The molecule has 0 atom stereocenters. The number of hydrogen-bond acceptors (Lipinski definition) is 3. The van der Waals surface area contributed by atoms with E-state index in [9.17, 15) is 9.60 Å². The Hall–Kier alpha value is -2.72. The van der Waals surface area contributed by atoms with E-state index in [0.717, 1.165) is 17.3 Å². The van der Waals surface area contributed by atoms with E-state index in [-0.39, 0.29) is 22.3 Å². The quantitative estimate of drug-likeness (QED) is 0.293. The number of benzene rings is 2. The molecule has 0 aliphatic rings. The molecule has 0 aliphatic carbocycles. The van der Waals surface area contributed by atoms with Crippen LogP contribution in [0.2, 0.25) is 5.15 Å². The molecule has 0 unspecified atom stereocenters. The maximum absolute atomic E-state index is 14.1. The van der Waals surface area contributed by atoms with Crippen molar-refractivity contribution >= 4 is 17.3 Å². The van der Waals surface area contributed by atoms with Crippen molar-refractivity contribution in [2.24, 2.45) is 5.16 Å². The molecule has 126 valence electrons. The van der Waals surface area contributed by atoms with Crippen molar-refractivity contribution in [2.75, 3.05) is 0 Å². The topological polar surface area (TPSA) is 45.5 Å². The summed E-state index contributed by atoms with van der Waals surface area (Å²) >= 11 is 5.87. The molecule has 1 N–H and O–H groups in total. The number of hydrogen-bond donors (Lipinski definition) is 1. The molecule has 1 heterocycles. The van der Waals surface area contributed by atoms with Gasteiger partial charge < -0.3 is 5.21 Å². The minimum Gasteiger partial charge on any atom is -0.411 e. The van der Waals surface area contributed by atoms with Gasteiger partial charge in [0.15, 0.2) is 5.82 Å². The summed E-state index contributed by atoms with van der Waals surface area (Å²) in [5, 5.41) is 13.0. The van der Waals surface area contributed by atoms with Crippen LogP contribution < -0.4 is 0 Å². The summed E-state index contributed by atoms with van der Waals surface area (Å²) in [5.41, 5.74) is 2.48. The highest BCUT2D eigenvalue weighted by atomic mass is 35.5. The van der Waals surface area contributed by atoms with Crippen LogP contribution >= 0.6 is 11.6 Å². The van der Waals surface area contributed by atoms with Crippen LogP contribution in [0.25, 0.3) is 0 Å². The van der Waals surface area contributed by atoms with Gasteiger partial charge in [-0.25, -0.2) is 9.37 Å². The number of nitrogens with zero attached hydrogens (tertiary/aromatic N) is 2. The highest BCUT2D eigenvalue weighted by Crippen LogP contribution is 2.30. The van der Waals surface area contributed by atoms with Gasteiger partial charge in [0.25, 0.3) is 0 Å². The fourth-order valence-electron chi connectivity index (χ4n) is 2.83. The Balaban J connectivity index is 2.01. The number of pyridine rings is 1. The van der Waals surface area contributed by atoms with Crippen LogP contribution in [0.15, 0.2) is 78.1 Å². The second-order valence-electron chi connectivity index (χ2n) is 5.61. The third-order valence-electron chi connectivity index (χ3n) is 4.05. The molecule has 2 aromatic carbocycles. The van der Waals surface area contributed by atoms with E-state index in [2.05, 4.69) is 10.1 Å². The van der Waals surface area contributed by atoms with Crippen LogP contribution in [0, 0.1) is 5.82 Å². The summed E-state index contributed by atoms with van der Waals surface area (Å²) in [5.74, 6) is -0.656. The maximum Gasteiger partial charge on any atom is 0.150 e. The third kappa shape index (κ3) is 4.03. The van der Waals surface area contributed by atoms with Gasteiger partial charge in [0.1, 0.15) is 5.15 Å². The average Bonchev–Trinajstić information content (AvgIpc) is 2.66. The monoisotopic (exact) mass is 354 g/mol. The molecule has 25 heavy (non-hydrogen) atoms. The van der Waals surface area contributed by atoms with E-state index >= 15 is 0 Å². The number of aromatic nitrogens is 1. The Morgan fingerprint density at radius 3 is 2.12 bits per heavy atom. The SMILES string of the molecule is ON=C(CC(c1ccccc1)c1ccccc1)c1cc(Cl)ncc1F. The molecule has 0 spiro atoms. The second kappa shape index (κ2) is 7.90. The fourth-order valence-corrected chi connectivity index (χ4v) is 2.99. The first-order valence-corrected chi connectivity index (χ1v) is 8.19. The van der Waals surface area contributed by atoms with E-state index in [1.807, 2.05) is 60.7 Å². The van der Waals surface area contributed by atoms with Crippen molar-refractivity contribution in [3.8, 4) is 0 Å². The molecular weight excluding hydrogens is 339 g/mol. The van der Waals surface area contributed by atoms with E-state index in [1.165, 1.54) is 6.07 Å². The van der Waals surface area contributed by atoms with Gasteiger partial charge in [-0.05, 0) is 17.2 Å². The van der Waals surface area contributed by atoms with Crippen LogP contribution in [0.5, 0.6) is 0 Å². The van der Waals surface area contributed by atoms with Crippen molar-refractivity contribution in [1.29, 1.82) is 0 Å². The van der Waals surface area contributed by atoms with Gasteiger partial charge in [0.2, 0.25) is 0 Å². The van der Waals surface area contributed by atoms with Gasteiger partial charge in [0, 0.05) is 17.9 Å². The molecule has 3 aromatic rings. The zero-order chi connectivity index (χ0) is 17.6. The average molecular weight is 355 g/mol. The lowest BCUT2D eigenvalue weighted by Gasteiger charge is -2.19. The predicted octanol–water partition coefficient (Wildman–Crippen LogP) is 5.27. The van der Waals surface area contributed by atoms with Crippen molar-refractivity contribution in [3.63, 3.8) is 0 Å². The first-order valence-electron chi connectivity index (χ1n) is 7.81. The van der Waals surface area contributed by atoms with Crippen molar-refractivity contribution < 1.29 is 9.60 Å². The van der Waals surface area contributed by atoms with Gasteiger partial charge >= 0.3 is 0 Å². The van der Waals surface area contributed by atoms with Crippen LogP contribution in [0.3, 0.4) is 0 Å². The van der Waals surface area contributed by atoms with Crippen LogP contribution in [0.4, 0.5) is 4.39 Å². The number of halogens is 2. The lowest BCUT2D eigenvalue weighted by atomic mass is 9.85. The molecule has 0 amide bonds. The molecule has 0 saturated carbocycles. The van der Waals surface area contributed by atoms with Crippen molar-refractivity contribution in [2.45, 2.75) is 12.3 Å². The molecule has 0 saturated heterocycles. The summed E-state index contributed by atoms with van der Waals surface area (Å²) < 4.78 is 14.1. The largest absolute Gasteiger partial charge is 0.411 e. The molecule has 0 aliphatic heterocycles. The zero-order valence-corrected chi connectivity index (χ0v) is 14.1. The zero-order valence-electron chi connectivity index (χ0n) is 13.3. The summed E-state index contributed by atoms with van der Waals surface area (Å²) in [6.45, 7) is 0. The lowest BCUT2D eigenvalue weighted by Crippen LogP contribution is -2.12. The lowest BCUT2D eigenvalue weighted by molar-refractivity contribution is 0.317. The first kappa shape index (κ1) is 17.1. The molecular formula is C20H16ClFN2O. The third-order valence-corrected chi connectivity index (χ3v) is 4.26. The Kier molecular flexibility index (Phi) is 5.41. The highest BCUT2D eigenvalue weighted by Gasteiger charge is 2.20. The standard InChI is InChI=1S/C20H16ClFN2O/c21-20-12-17(18(22)13-23-20)19(24-25)11-16(14-7-3-1-4-8-14)15-9-5-2-6-10-15/h1-10,12-13,16,25H,11H2. The van der Waals surface area contributed by atoms with Crippen molar-refractivity contribution in [3.05, 3.63) is 101 Å².